The highest BCUT2D eigenvalue weighted by atomic mass is 32.2. The minimum absolute atomic E-state index is 0.0460. The molecule has 1 N–H and O–H groups in total. The summed E-state index contributed by atoms with van der Waals surface area (Å²) in [5, 5.41) is 8.92. The second-order valence-corrected chi connectivity index (χ2v) is 8.95. The molecule has 2 aliphatic rings. The fourth-order valence-electron chi connectivity index (χ4n) is 3.71. The summed E-state index contributed by atoms with van der Waals surface area (Å²) < 4.78 is 26.8. The number of carboxylic acid groups (broad SMARTS) is 1. The van der Waals surface area contributed by atoms with Crippen LogP contribution < -0.4 is 0 Å². The van der Waals surface area contributed by atoms with Crippen LogP contribution in [0.3, 0.4) is 0 Å². The highest BCUT2D eigenvalue weighted by molar-refractivity contribution is 7.89. The van der Waals surface area contributed by atoms with E-state index in [-0.39, 0.29) is 34.9 Å². The van der Waals surface area contributed by atoms with Gasteiger partial charge in [0, 0.05) is 31.6 Å². The van der Waals surface area contributed by atoms with E-state index >= 15 is 0 Å². The van der Waals surface area contributed by atoms with E-state index in [1.807, 2.05) is 6.92 Å². The molecule has 1 aromatic rings. The number of hydrogen-bond acceptors (Lipinski definition) is 4. The number of hydrogen-bond donors (Lipinski definition) is 1. The van der Waals surface area contributed by atoms with Crippen molar-refractivity contribution >= 4 is 21.9 Å². The summed E-state index contributed by atoms with van der Waals surface area (Å²) in [6, 6.07) is 5.21. The lowest BCUT2D eigenvalue weighted by atomic mass is 9.66. The number of rotatable bonds is 5. The van der Waals surface area contributed by atoms with Crippen LogP contribution in [-0.2, 0) is 14.8 Å². The molecule has 0 atom stereocenters. The number of nitrogens with zero attached hydrogens (tertiary/aromatic N) is 2. The van der Waals surface area contributed by atoms with Crippen LogP contribution in [0.15, 0.2) is 29.2 Å². The summed E-state index contributed by atoms with van der Waals surface area (Å²) in [5.41, 5.74) is -0.182. The van der Waals surface area contributed by atoms with Gasteiger partial charge < -0.3 is 10.0 Å². The molecular formula is C18H24N2O5S. The van der Waals surface area contributed by atoms with Gasteiger partial charge in [0.15, 0.2) is 0 Å². The Morgan fingerprint density at radius 3 is 2.08 bits per heavy atom. The molecule has 1 saturated heterocycles. The average Bonchev–Trinajstić information content (AvgIpc) is 2.61. The first-order valence-corrected chi connectivity index (χ1v) is 10.4. The van der Waals surface area contributed by atoms with E-state index in [0.29, 0.717) is 13.1 Å². The van der Waals surface area contributed by atoms with Crippen LogP contribution in [0.25, 0.3) is 0 Å². The Balaban J connectivity index is 1.67. The van der Waals surface area contributed by atoms with Gasteiger partial charge in [-0.2, -0.15) is 4.31 Å². The van der Waals surface area contributed by atoms with Gasteiger partial charge in [0.05, 0.1) is 10.5 Å². The molecule has 1 aliphatic heterocycles. The molecule has 0 bridgehead atoms. The van der Waals surface area contributed by atoms with Crippen molar-refractivity contribution in [3.8, 4) is 0 Å². The lowest BCUT2D eigenvalue weighted by molar-refractivity contribution is -0.149. The van der Waals surface area contributed by atoms with Gasteiger partial charge in [-0.25, -0.2) is 13.2 Å². The first-order chi connectivity index (χ1) is 12.3. The predicted molar refractivity (Wildman–Crippen MR) is 95.3 cm³/mol. The van der Waals surface area contributed by atoms with Crippen molar-refractivity contribution in [2.75, 3.05) is 26.2 Å². The number of carbonyl (C=O) groups excluding carboxylic acids is 1. The average molecular weight is 380 g/mol. The number of aromatic carboxylic acids is 1. The standard InChI is InChI=1S/C18H24N2O5S/c1-2-18(8-3-9-18)17(23)19-10-12-20(13-11-19)26(24,25)15-6-4-14(5-7-15)16(21)22/h4-7H,2-3,8-13H2,1H3,(H,21,22). The van der Waals surface area contributed by atoms with Crippen LogP contribution in [0.1, 0.15) is 43.0 Å². The number of benzene rings is 1. The Bertz CT molecular complexity index is 786. The van der Waals surface area contributed by atoms with Crippen LogP contribution in [-0.4, -0.2) is 60.8 Å². The molecule has 1 saturated carbocycles. The van der Waals surface area contributed by atoms with Gasteiger partial charge in [-0.05, 0) is 43.5 Å². The van der Waals surface area contributed by atoms with E-state index in [9.17, 15) is 18.0 Å². The van der Waals surface area contributed by atoms with Gasteiger partial charge in [-0.3, -0.25) is 4.79 Å². The topological polar surface area (TPSA) is 95.0 Å². The molecule has 142 valence electrons. The smallest absolute Gasteiger partial charge is 0.335 e. The highest BCUT2D eigenvalue weighted by Crippen LogP contribution is 2.45. The lowest BCUT2D eigenvalue weighted by Gasteiger charge is -2.45. The summed E-state index contributed by atoms with van der Waals surface area (Å²) in [5.74, 6) is -0.934. The molecule has 0 unspecified atom stereocenters. The van der Waals surface area contributed by atoms with E-state index in [0.717, 1.165) is 25.7 Å². The SMILES string of the molecule is CCC1(C(=O)N2CCN(S(=O)(=O)c3ccc(C(=O)O)cc3)CC2)CCC1. The lowest BCUT2D eigenvalue weighted by Crippen LogP contribution is -2.55. The Labute approximate surface area is 153 Å². The highest BCUT2D eigenvalue weighted by Gasteiger charge is 2.45. The Morgan fingerprint density at radius 1 is 1.08 bits per heavy atom. The van der Waals surface area contributed by atoms with Crippen molar-refractivity contribution in [3.63, 3.8) is 0 Å². The van der Waals surface area contributed by atoms with Gasteiger partial charge >= 0.3 is 5.97 Å². The van der Waals surface area contributed by atoms with Crippen molar-refractivity contribution in [1.82, 2.24) is 9.21 Å². The molecule has 1 aromatic carbocycles. The maximum atomic E-state index is 12.8. The second-order valence-electron chi connectivity index (χ2n) is 7.01. The molecule has 2 fully saturated rings. The largest absolute Gasteiger partial charge is 0.478 e. The van der Waals surface area contributed by atoms with Crippen molar-refractivity contribution in [1.29, 1.82) is 0 Å². The number of carboxylic acids is 1. The van der Waals surface area contributed by atoms with Gasteiger partial charge in [0.25, 0.3) is 0 Å². The zero-order valence-corrected chi connectivity index (χ0v) is 15.7. The molecule has 7 nitrogen and oxygen atoms in total. The van der Waals surface area contributed by atoms with Crippen LogP contribution in [0, 0.1) is 5.41 Å². The molecule has 1 aliphatic carbocycles. The molecule has 26 heavy (non-hydrogen) atoms. The normalized spacial score (nSPS) is 20.4. The minimum atomic E-state index is -3.68. The summed E-state index contributed by atoms with van der Waals surface area (Å²) in [7, 11) is -3.68. The number of amides is 1. The molecule has 3 rings (SSSR count). The summed E-state index contributed by atoms with van der Waals surface area (Å²) >= 11 is 0. The third-order valence-electron chi connectivity index (χ3n) is 5.71. The maximum absolute atomic E-state index is 12.8. The van der Waals surface area contributed by atoms with Crippen molar-refractivity contribution in [3.05, 3.63) is 29.8 Å². The van der Waals surface area contributed by atoms with Gasteiger partial charge in [0.2, 0.25) is 15.9 Å². The van der Waals surface area contributed by atoms with Crippen LogP contribution in [0.2, 0.25) is 0 Å². The van der Waals surface area contributed by atoms with Gasteiger partial charge in [0.1, 0.15) is 0 Å². The number of sulfonamides is 1. The van der Waals surface area contributed by atoms with E-state index in [2.05, 4.69) is 0 Å². The maximum Gasteiger partial charge on any atom is 0.335 e. The minimum Gasteiger partial charge on any atom is -0.478 e. The zero-order valence-electron chi connectivity index (χ0n) is 14.8. The van der Waals surface area contributed by atoms with Crippen molar-refractivity contribution in [2.45, 2.75) is 37.5 Å². The van der Waals surface area contributed by atoms with Crippen molar-refractivity contribution < 1.29 is 23.1 Å². The molecular weight excluding hydrogens is 356 g/mol. The Hall–Kier alpha value is -1.93. The van der Waals surface area contributed by atoms with E-state index in [1.165, 1.54) is 28.6 Å². The molecule has 8 heteroatoms. The first-order valence-electron chi connectivity index (χ1n) is 8.93. The summed E-state index contributed by atoms with van der Waals surface area (Å²) in [6.07, 6.45) is 3.77. The third-order valence-corrected chi connectivity index (χ3v) is 7.62. The molecule has 0 spiro atoms. The monoisotopic (exact) mass is 380 g/mol. The fourth-order valence-corrected chi connectivity index (χ4v) is 5.13. The zero-order chi connectivity index (χ0) is 18.9. The predicted octanol–water partition coefficient (Wildman–Crippen LogP) is 1.80. The van der Waals surface area contributed by atoms with Crippen LogP contribution in [0.5, 0.6) is 0 Å². The number of carbonyl (C=O) groups is 2. The second kappa shape index (κ2) is 7.00. The number of piperazine rings is 1. The third kappa shape index (κ3) is 3.23. The quantitative estimate of drug-likeness (QED) is 0.840. The van der Waals surface area contributed by atoms with Crippen molar-refractivity contribution in [2.24, 2.45) is 5.41 Å². The molecule has 0 radical (unpaired) electrons. The van der Waals surface area contributed by atoms with E-state index in [4.69, 9.17) is 5.11 Å². The summed E-state index contributed by atoms with van der Waals surface area (Å²) in [4.78, 5) is 25.5. The Kier molecular flexibility index (Phi) is 5.07. The van der Waals surface area contributed by atoms with Crippen LogP contribution >= 0.6 is 0 Å². The van der Waals surface area contributed by atoms with Gasteiger partial charge in [-0.15, -0.1) is 0 Å². The van der Waals surface area contributed by atoms with Crippen LogP contribution in [0.4, 0.5) is 0 Å². The van der Waals surface area contributed by atoms with Gasteiger partial charge in [-0.1, -0.05) is 13.3 Å². The summed E-state index contributed by atoms with van der Waals surface area (Å²) in [6.45, 7) is 3.35. The molecule has 1 amide bonds. The first kappa shape index (κ1) is 18.8. The fraction of sp³-hybridized carbons (Fsp3) is 0.556. The molecule has 1 heterocycles. The molecule has 0 aromatic heterocycles. The van der Waals surface area contributed by atoms with E-state index in [1.54, 1.807) is 4.90 Å². The van der Waals surface area contributed by atoms with E-state index < -0.39 is 16.0 Å². The Morgan fingerprint density at radius 2 is 1.65 bits per heavy atom.